The number of benzene rings is 1. The van der Waals surface area contributed by atoms with Gasteiger partial charge in [0.1, 0.15) is 17.6 Å². The summed E-state index contributed by atoms with van der Waals surface area (Å²) in [5, 5.41) is 6.51. The van der Waals surface area contributed by atoms with Crippen LogP contribution in [0.25, 0.3) is 0 Å². The van der Waals surface area contributed by atoms with E-state index < -0.39 is 0 Å². The van der Waals surface area contributed by atoms with Gasteiger partial charge in [0.25, 0.3) is 0 Å². The van der Waals surface area contributed by atoms with E-state index >= 15 is 0 Å². The molecule has 0 radical (unpaired) electrons. The third kappa shape index (κ3) is 5.76. The minimum Gasteiger partial charge on any atom is -0.494 e. The highest BCUT2D eigenvalue weighted by Gasteiger charge is 2.24. The van der Waals surface area contributed by atoms with E-state index in [1.54, 1.807) is 0 Å². The number of rotatable bonds is 7. The minimum absolute atomic E-state index is 0. The van der Waals surface area contributed by atoms with Crippen LogP contribution in [0.15, 0.2) is 12.1 Å². The summed E-state index contributed by atoms with van der Waals surface area (Å²) in [6.45, 7) is 9.47. The minimum atomic E-state index is 0. The first kappa shape index (κ1) is 21.8. The van der Waals surface area contributed by atoms with E-state index in [0.717, 1.165) is 36.6 Å². The van der Waals surface area contributed by atoms with Gasteiger partial charge in [0.2, 0.25) is 5.91 Å². The molecule has 5 nitrogen and oxygen atoms in total. The molecule has 1 fully saturated rings. The highest BCUT2D eigenvalue weighted by atomic mass is 35.5. The Morgan fingerprint density at radius 2 is 2.26 bits per heavy atom. The van der Waals surface area contributed by atoms with Crippen LogP contribution in [0.5, 0.6) is 11.5 Å². The summed E-state index contributed by atoms with van der Waals surface area (Å²) in [5.41, 5.74) is 2.18. The molecule has 3 rings (SSSR count). The third-order valence-electron chi connectivity index (χ3n) is 5.50. The molecule has 0 aliphatic carbocycles. The van der Waals surface area contributed by atoms with E-state index in [0.29, 0.717) is 31.4 Å². The monoisotopic (exact) mass is 396 g/mol. The van der Waals surface area contributed by atoms with Gasteiger partial charge in [-0.25, -0.2) is 0 Å². The molecule has 2 N–H and O–H groups in total. The lowest BCUT2D eigenvalue weighted by Crippen LogP contribution is -2.35. The van der Waals surface area contributed by atoms with Crippen LogP contribution in [0.2, 0.25) is 0 Å². The second kappa shape index (κ2) is 10.2. The summed E-state index contributed by atoms with van der Waals surface area (Å²) >= 11 is 0. The van der Waals surface area contributed by atoms with Gasteiger partial charge in [-0.2, -0.15) is 0 Å². The average molecular weight is 397 g/mol. The Bertz CT molecular complexity index is 632. The number of nitrogens with one attached hydrogen (secondary N) is 2. The summed E-state index contributed by atoms with van der Waals surface area (Å²) in [5.74, 6) is 2.89. The number of amides is 1. The van der Waals surface area contributed by atoms with E-state index in [1.807, 2.05) is 13.0 Å². The van der Waals surface area contributed by atoms with Gasteiger partial charge in [0.05, 0.1) is 6.61 Å². The number of hydrogen-bond acceptors (Lipinski definition) is 4. The summed E-state index contributed by atoms with van der Waals surface area (Å²) < 4.78 is 11.6. The van der Waals surface area contributed by atoms with Crippen molar-refractivity contribution in [3.8, 4) is 11.5 Å². The molecule has 3 unspecified atom stereocenters. The fourth-order valence-electron chi connectivity index (χ4n) is 4.00. The fraction of sp³-hybridized carbons (Fsp3) is 0.667. The normalized spacial score (nSPS) is 22.2. The molecule has 2 heterocycles. The number of fused-ring (bicyclic) bond motifs is 1. The predicted octanol–water partition coefficient (Wildman–Crippen LogP) is 3.47. The van der Waals surface area contributed by atoms with E-state index in [9.17, 15) is 4.79 Å². The van der Waals surface area contributed by atoms with Crippen molar-refractivity contribution < 1.29 is 14.3 Å². The Morgan fingerprint density at radius 1 is 1.44 bits per heavy atom. The van der Waals surface area contributed by atoms with Gasteiger partial charge in [0, 0.05) is 30.5 Å². The largest absolute Gasteiger partial charge is 0.494 e. The molecule has 1 aromatic carbocycles. The second-order valence-corrected chi connectivity index (χ2v) is 7.70. The molecule has 152 valence electrons. The molecule has 6 heteroatoms. The van der Waals surface area contributed by atoms with Crippen molar-refractivity contribution in [1.82, 2.24) is 10.6 Å². The molecule has 2 aliphatic rings. The third-order valence-corrected chi connectivity index (χ3v) is 5.50. The molecule has 0 spiro atoms. The Labute approximate surface area is 169 Å². The van der Waals surface area contributed by atoms with Crippen molar-refractivity contribution in [3.05, 3.63) is 23.3 Å². The standard InChI is InChI=1S/C21H32N2O3.ClH/c1-4-25-19-10-17-9-15(3)26-20(17)11-18(19)13-23-21(24)8-14(2)16-6-5-7-22-12-16;/h10-11,14-16,22H,4-9,12-13H2,1-3H3,(H,23,24);1H. The molecule has 27 heavy (non-hydrogen) atoms. The lowest BCUT2D eigenvalue weighted by atomic mass is 9.85. The Balaban J connectivity index is 0.00000261. The number of ether oxygens (including phenoxy) is 2. The maximum atomic E-state index is 12.4. The molecule has 1 aromatic rings. The van der Waals surface area contributed by atoms with Crippen LogP contribution in [-0.2, 0) is 17.8 Å². The lowest BCUT2D eigenvalue weighted by Gasteiger charge is -2.28. The van der Waals surface area contributed by atoms with Crippen LogP contribution >= 0.6 is 12.4 Å². The molecule has 0 aromatic heterocycles. The van der Waals surface area contributed by atoms with Crippen molar-refractivity contribution in [2.75, 3.05) is 19.7 Å². The van der Waals surface area contributed by atoms with Gasteiger partial charge in [-0.05, 0) is 63.7 Å². The Hall–Kier alpha value is -1.46. The quantitative estimate of drug-likeness (QED) is 0.740. The van der Waals surface area contributed by atoms with Crippen LogP contribution in [0.3, 0.4) is 0 Å². The average Bonchev–Trinajstić information content (AvgIpc) is 2.99. The zero-order valence-electron chi connectivity index (χ0n) is 16.7. The van der Waals surface area contributed by atoms with Gasteiger partial charge < -0.3 is 20.1 Å². The van der Waals surface area contributed by atoms with E-state index in [1.165, 1.54) is 18.4 Å². The lowest BCUT2D eigenvalue weighted by molar-refractivity contribution is -0.122. The number of carbonyl (C=O) groups is 1. The molecular formula is C21H33ClN2O3. The van der Waals surface area contributed by atoms with Crippen LogP contribution < -0.4 is 20.1 Å². The van der Waals surface area contributed by atoms with Crippen molar-refractivity contribution in [2.45, 2.75) is 59.1 Å². The first-order valence-electron chi connectivity index (χ1n) is 9.99. The molecule has 1 saturated heterocycles. The number of piperidine rings is 1. The van der Waals surface area contributed by atoms with Crippen LogP contribution in [0, 0.1) is 11.8 Å². The van der Waals surface area contributed by atoms with Crippen LogP contribution in [0.1, 0.15) is 51.2 Å². The number of halogens is 1. The van der Waals surface area contributed by atoms with Crippen molar-refractivity contribution in [3.63, 3.8) is 0 Å². The van der Waals surface area contributed by atoms with E-state index in [4.69, 9.17) is 9.47 Å². The van der Waals surface area contributed by atoms with E-state index in [2.05, 4.69) is 30.5 Å². The topological polar surface area (TPSA) is 59.6 Å². The molecule has 0 saturated carbocycles. The molecule has 0 bridgehead atoms. The summed E-state index contributed by atoms with van der Waals surface area (Å²) in [4.78, 5) is 12.4. The molecule has 1 amide bonds. The Kier molecular flexibility index (Phi) is 8.24. The van der Waals surface area contributed by atoms with E-state index in [-0.39, 0.29) is 24.4 Å². The number of hydrogen-bond donors (Lipinski definition) is 2. The fourth-order valence-corrected chi connectivity index (χ4v) is 4.00. The first-order valence-corrected chi connectivity index (χ1v) is 9.99. The SMILES string of the molecule is CCOc1cc2c(cc1CNC(=O)CC(C)C1CCCNC1)OC(C)C2.Cl. The van der Waals surface area contributed by atoms with Gasteiger partial charge in [0.15, 0.2) is 0 Å². The maximum absolute atomic E-state index is 12.4. The van der Waals surface area contributed by atoms with Gasteiger partial charge in [-0.1, -0.05) is 6.92 Å². The highest BCUT2D eigenvalue weighted by Crippen LogP contribution is 2.35. The van der Waals surface area contributed by atoms with Crippen molar-refractivity contribution in [2.24, 2.45) is 11.8 Å². The van der Waals surface area contributed by atoms with Gasteiger partial charge in [-0.3, -0.25) is 4.79 Å². The highest BCUT2D eigenvalue weighted by molar-refractivity contribution is 5.85. The van der Waals surface area contributed by atoms with Gasteiger partial charge >= 0.3 is 0 Å². The molecular weight excluding hydrogens is 364 g/mol. The smallest absolute Gasteiger partial charge is 0.220 e. The first-order chi connectivity index (χ1) is 12.6. The Morgan fingerprint density at radius 3 is 2.96 bits per heavy atom. The van der Waals surface area contributed by atoms with Crippen LogP contribution in [-0.4, -0.2) is 31.7 Å². The summed E-state index contributed by atoms with van der Waals surface area (Å²) in [6.07, 6.45) is 4.12. The number of carbonyl (C=O) groups excluding carboxylic acids is 1. The molecule has 2 aliphatic heterocycles. The van der Waals surface area contributed by atoms with Gasteiger partial charge in [-0.15, -0.1) is 12.4 Å². The zero-order valence-corrected chi connectivity index (χ0v) is 17.5. The maximum Gasteiger partial charge on any atom is 0.220 e. The predicted molar refractivity (Wildman–Crippen MR) is 110 cm³/mol. The summed E-state index contributed by atoms with van der Waals surface area (Å²) in [6, 6.07) is 4.10. The van der Waals surface area contributed by atoms with Crippen LogP contribution in [0.4, 0.5) is 0 Å². The molecule has 3 atom stereocenters. The van der Waals surface area contributed by atoms with Crippen molar-refractivity contribution >= 4 is 18.3 Å². The zero-order chi connectivity index (χ0) is 18.5. The van der Waals surface area contributed by atoms with Crippen molar-refractivity contribution in [1.29, 1.82) is 0 Å². The second-order valence-electron chi connectivity index (χ2n) is 7.70. The summed E-state index contributed by atoms with van der Waals surface area (Å²) in [7, 11) is 0.